The number of aliphatic hydroxyl groups excluding tert-OH is 1. The Morgan fingerprint density at radius 1 is 1.04 bits per heavy atom. The molecule has 6 aliphatic rings. The van der Waals surface area contributed by atoms with Crippen molar-refractivity contribution in [2.75, 3.05) is 7.11 Å². The minimum Gasteiger partial charge on any atom is -0.487 e. The summed E-state index contributed by atoms with van der Waals surface area (Å²) in [6.45, 7) is 15.9. The molecule has 0 amide bonds. The van der Waals surface area contributed by atoms with Crippen LogP contribution in [0.3, 0.4) is 0 Å². The Bertz CT molecular complexity index is 1390. The van der Waals surface area contributed by atoms with E-state index in [9.17, 15) is 24.6 Å². The first kappa shape index (κ1) is 38.0. The lowest BCUT2D eigenvalue weighted by molar-refractivity contribution is -0.185. The van der Waals surface area contributed by atoms with E-state index in [4.69, 9.17) is 14.2 Å². The molecule has 0 radical (unpaired) electrons. The summed E-state index contributed by atoms with van der Waals surface area (Å²) in [5.41, 5.74) is -2.06. The van der Waals surface area contributed by atoms with Crippen molar-refractivity contribution < 1.29 is 38.8 Å². The van der Waals surface area contributed by atoms with Crippen molar-refractivity contribution in [1.29, 1.82) is 0 Å². The Balaban J connectivity index is 1.71. The Labute approximate surface area is 294 Å². The van der Waals surface area contributed by atoms with E-state index in [0.29, 0.717) is 32.1 Å². The zero-order valence-electron chi connectivity index (χ0n) is 31.5. The van der Waals surface area contributed by atoms with Crippen LogP contribution in [0.1, 0.15) is 126 Å². The van der Waals surface area contributed by atoms with Crippen LogP contribution in [0, 0.1) is 40.9 Å². The van der Waals surface area contributed by atoms with Crippen molar-refractivity contribution in [2.24, 2.45) is 40.9 Å². The van der Waals surface area contributed by atoms with Gasteiger partial charge in [-0.05, 0) is 96.1 Å². The van der Waals surface area contributed by atoms with Crippen molar-refractivity contribution in [2.45, 2.75) is 155 Å². The van der Waals surface area contributed by atoms with E-state index in [1.165, 1.54) is 7.11 Å². The van der Waals surface area contributed by atoms with Crippen LogP contribution in [0.4, 0.5) is 0 Å². The van der Waals surface area contributed by atoms with Crippen LogP contribution < -0.4 is 0 Å². The number of hydrogen-bond acceptors (Lipinski definition) is 8. The minimum atomic E-state index is -1.22. The second-order valence-corrected chi connectivity index (χ2v) is 17.4. The van der Waals surface area contributed by atoms with Crippen LogP contribution in [0.25, 0.3) is 0 Å². The number of carbonyl (C=O) groups excluding carboxylic acids is 3. The van der Waals surface area contributed by atoms with Crippen LogP contribution in [0.15, 0.2) is 35.1 Å². The van der Waals surface area contributed by atoms with Gasteiger partial charge in [0, 0.05) is 42.9 Å². The van der Waals surface area contributed by atoms with Gasteiger partial charge in [0.15, 0.2) is 0 Å². The average Bonchev–Trinajstić information content (AvgIpc) is 3.44. The number of fused-ring (bicyclic) bond motifs is 2. The summed E-state index contributed by atoms with van der Waals surface area (Å²) in [6.07, 6.45) is 11.0. The van der Waals surface area contributed by atoms with Gasteiger partial charge in [0.2, 0.25) is 0 Å². The van der Waals surface area contributed by atoms with Crippen LogP contribution in [0.5, 0.6) is 0 Å². The molecule has 3 saturated heterocycles. The highest BCUT2D eigenvalue weighted by molar-refractivity contribution is 5.93. The highest BCUT2D eigenvalue weighted by atomic mass is 16.5. The molecule has 0 aromatic rings. The van der Waals surface area contributed by atoms with E-state index in [2.05, 4.69) is 32.1 Å². The first-order valence-corrected chi connectivity index (χ1v) is 18.9. The molecule has 2 N–H and O–H groups in total. The number of rotatable bonds is 2. The summed E-state index contributed by atoms with van der Waals surface area (Å²) >= 11 is 0. The molecule has 4 aliphatic heterocycles. The summed E-state index contributed by atoms with van der Waals surface area (Å²) < 4.78 is 19.0. The van der Waals surface area contributed by atoms with E-state index in [0.717, 1.165) is 36.2 Å². The van der Waals surface area contributed by atoms with Gasteiger partial charge in [0.25, 0.3) is 0 Å². The predicted octanol–water partition coefficient (Wildman–Crippen LogP) is 7.21. The van der Waals surface area contributed by atoms with E-state index >= 15 is 0 Å². The third-order valence-electron chi connectivity index (χ3n) is 13.0. The molecule has 8 nitrogen and oxygen atoms in total. The molecule has 0 aromatic heterocycles. The van der Waals surface area contributed by atoms with Gasteiger partial charge in [0.1, 0.15) is 17.2 Å². The molecular weight excluding hydrogens is 620 g/mol. The number of esters is 1. The van der Waals surface area contributed by atoms with Crippen LogP contribution in [-0.4, -0.2) is 63.9 Å². The van der Waals surface area contributed by atoms with Crippen LogP contribution in [0.2, 0.25) is 0 Å². The standard InChI is InChI=1S/C41H62O8/c1-24(2)28-21-31(42)27(5)12-10-11-25(3)20-33-36-29-19-26(4)13-14-34(44)39(7)18-16-35(49-39)38(6,46)17-15-30(29)40(8,48-33)23-41(36,22-32(28)43)37(45)47-9/h15,19-20,24-25,27-29,34-36,44,46H,10-14,16-18,21-23H2,1-9H3. The van der Waals surface area contributed by atoms with Gasteiger partial charge in [-0.1, -0.05) is 51.8 Å². The van der Waals surface area contributed by atoms with E-state index in [1.54, 1.807) is 6.92 Å². The molecule has 4 heterocycles. The Hall–Kier alpha value is -2.29. The number of ketones is 2. The first-order chi connectivity index (χ1) is 22.9. The molecule has 6 bridgehead atoms. The lowest BCUT2D eigenvalue weighted by atomic mass is 9.50. The molecule has 49 heavy (non-hydrogen) atoms. The summed E-state index contributed by atoms with van der Waals surface area (Å²) in [4.78, 5) is 42.3. The topological polar surface area (TPSA) is 119 Å². The maximum Gasteiger partial charge on any atom is 0.313 e. The van der Waals surface area contributed by atoms with Crippen molar-refractivity contribution in [1.82, 2.24) is 0 Å². The fraction of sp³-hybridized carbons (Fsp3) is 0.780. The minimum absolute atomic E-state index is 0.0408. The van der Waals surface area contributed by atoms with E-state index < -0.39 is 52.2 Å². The van der Waals surface area contributed by atoms with E-state index in [-0.39, 0.29) is 54.5 Å². The molecule has 1 saturated carbocycles. The molecular formula is C41H62O8. The summed E-state index contributed by atoms with van der Waals surface area (Å²) in [6, 6.07) is 0. The molecule has 4 fully saturated rings. The largest absolute Gasteiger partial charge is 0.487 e. The Morgan fingerprint density at radius 3 is 2.43 bits per heavy atom. The monoisotopic (exact) mass is 682 g/mol. The molecule has 6 rings (SSSR count). The average molecular weight is 683 g/mol. The summed E-state index contributed by atoms with van der Waals surface area (Å²) in [5.74, 6) is -1.08. The van der Waals surface area contributed by atoms with Gasteiger partial charge in [-0.15, -0.1) is 0 Å². The lowest BCUT2D eigenvalue weighted by Gasteiger charge is -2.60. The van der Waals surface area contributed by atoms with Crippen molar-refractivity contribution in [3.8, 4) is 0 Å². The van der Waals surface area contributed by atoms with Gasteiger partial charge in [-0.25, -0.2) is 0 Å². The van der Waals surface area contributed by atoms with Gasteiger partial charge in [-0.2, -0.15) is 0 Å². The maximum absolute atomic E-state index is 14.5. The predicted molar refractivity (Wildman–Crippen MR) is 188 cm³/mol. The van der Waals surface area contributed by atoms with Gasteiger partial charge in [-0.3, -0.25) is 14.4 Å². The smallest absolute Gasteiger partial charge is 0.313 e. The third kappa shape index (κ3) is 7.26. The number of carbonyl (C=O) groups is 3. The SMILES string of the molecule is COC(=O)C12CC(=O)C(C(C)C)CC(=O)C(C)CCCC(C)C=C3OC(C)(C1)C1=CCC(C)(O)C4CCC(C)(O4)C(O)CCC(C)=CC1C32. The highest BCUT2D eigenvalue weighted by Crippen LogP contribution is 2.64. The van der Waals surface area contributed by atoms with Crippen LogP contribution >= 0.6 is 0 Å². The van der Waals surface area contributed by atoms with Crippen molar-refractivity contribution in [3.05, 3.63) is 35.1 Å². The number of ether oxygens (including phenoxy) is 3. The van der Waals surface area contributed by atoms with Gasteiger partial charge >= 0.3 is 5.97 Å². The molecule has 0 spiro atoms. The van der Waals surface area contributed by atoms with Crippen LogP contribution in [-0.2, 0) is 28.6 Å². The molecule has 11 unspecified atom stereocenters. The first-order valence-electron chi connectivity index (χ1n) is 18.9. The fourth-order valence-corrected chi connectivity index (χ4v) is 9.78. The third-order valence-corrected chi connectivity index (χ3v) is 13.0. The zero-order chi connectivity index (χ0) is 36.1. The van der Waals surface area contributed by atoms with E-state index in [1.807, 2.05) is 34.6 Å². The molecule has 2 aliphatic carbocycles. The molecule has 8 heteroatoms. The number of allylic oxidation sites excluding steroid dienone is 4. The number of aliphatic hydroxyl groups is 2. The van der Waals surface area contributed by atoms with Gasteiger partial charge < -0.3 is 24.4 Å². The van der Waals surface area contributed by atoms with Crippen molar-refractivity contribution >= 4 is 17.5 Å². The number of hydrogen-bond donors (Lipinski definition) is 2. The molecule has 274 valence electrons. The Morgan fingerprint density at radius 2 is 1.76 bits per heavy atom. The van der Waals surface area contributed by atoms with Crippen molar-refractivity contribution in [3.63, 3.8) is 0 Å². The number of methoxy groups -OCH3 is 1. The second kappa shape index (κ2) is 14.0. The highest BCUT2D eigenvalue weighted by Gasteiger charge is 2.66. The normalized spacial score (nSPS) is 43.8. The molecule has 0 aromatic carbocycles. The summed E-state index contributed by atoms with van der Waals surface area (Å²) in [5, 5.41) is 23.2. The molecule has 11 atom stereocenters. The quantitative estimate of drug-likeness (QED) is 0.232. The lowest BCUT2D eigenvalue weighted by Crippen LogP contribution is -2.62. The van der Waals surface area contributed by atoms with Gasteiger partial charge in [0.05, 0.1) is 41.7 Å². The Kier molecular flexibility index (Phi) is 10.9. The zero-order valence-corrected chi connectivity index (χ0v) is 31.5. The fourth-order valence-electron chi connectivity index (χ4n) is 9.78. The number of Topliss-reactive ketones (excluding diaryl/α,β-unsaturated/α-hetero) is 2. The second-order valence-electron chi connectivity index (χ2n) is 17.4. The summed E-state index contributed by atoms with van der Waals surface area (Å²) in [7, 11) is 1.39. The maximum atomic E-state index is 14.5.